The van der Waals surface area contributed by atoms with Crippen molar-refractivity contribution in [2.24, 2.45) is 0 Å². The number of rotatable bonds is 2. The summed E-state index contributed by atoms with van der Waals surface area (Å²) >= 11 is 0. The number of nitriles is 1. The SMILES string of the molecule is CCOC(=O)c1cc2cc(F)ccc2n1C#N. The second-order valence-corrected chi connectivity index (χ2v) is 3.39. The Labute approximate surface area is 96.8 Å². The number of fused-ring (bicyclic) bond motifs is 1. The zero-order valence-electron chi connectivity index (χ0n) is 9.11. The molecule has 0 amide bonds. The van der Waals surface area contributed by atoms with Crippen LogP contribution in [0.4, 0.5) is 4.39 Å². The summed E-state index contributed by atoms with van der Waals surface area (Å²) in [5.41, 5.74) is 0.590. The highest BCUT2D eigenvalue weighted by Gasteiger charge is 2.16. The van der Waals surface area contributed by atoms with Gasteiger partial charge in [-0.25, -0.2) is 13.8 Å². The van der Waals surface area contributed by atoms with E-state index in [1.807, 2.05) is 6.19 Å². The van der Waals surface area contributed by atoms with Crippen molar-refractivity contribution in [2.45, 2.75) is 6.92 Å². The molecule has 0 saturated heterocycles. The first-order chi connectivity index (χ1) is 8.17. The Morgan fingerprint density at radius 3 is 2.94 bits per heavy atom. The number of ether oxygens (including phenoxy) is 1. The first kappa shape index (κ1) is 11.1. The van der Waals surface area contributed by atoms with Crippen molar-refractivity contribution in [2.75, 3.05) is 6.61 Å². The minimum absolute atomic E-state index is 0.106. The van der Waals surface area contributed by atoms with Crippen molar-refractivity contribution in [1.82, 2.24) is 4.57 Å². The predicted molar refractivity (Wildman–Crippen MR) is 58.9 cm³/mol. The molecule has 17 heavy (non-hydrogen) atoms. The van der Waals surface area contributed by atoms with E-state index < -0.39 is 11.8 Å². The fourth-order valence-electron chi connectivity index (χ4n) is 1.65. The summed E-state index contributed by atoms with van der Waals surface area (Å²) in [4.78, 5) is 11.6. The van der Waals surface area contributed by atoms with Crippen molar-refractivity contribution >= 4 is 16.9 Å². The summed E-state index contributed by atoms with van der Waals surface area (Å²) in [6.45, 7) is 1.90. The summed E-state index contributed by atoms with van der Waals surface area (Å²) in [6.07, 6.45) is 1.87. The Bertz CT molecular complexity index is 625. The molecule has 0 fully saturated rings. The number of hydrogen-bond acceptors (Lipinski definition) is 3. The number of carbonyl (C=O) groups is 1. The monoisotopic (exact) mass is 232 g/mol. The molecule has 0 radical (unpaired) electrons. The molecule has 5 heteroatoms. The van der Waals surface area contributed by atoms with Crippen molar-refractivity contribution in [1.29, 1.82) is 5.26 Å². The molecule has 0 saturated carbocycles. The van der Waals surface area contributed by atoms with E-state index >= 15 is 0 Å². The average Bonchev–Trinajstić information content (AvgIpc) is 2.66. The largest absolute Gasteiger partial charge is 0.461 e. The normalized spacial score (nSPS) is 10.2. The second kappa shape index (κ2) is 4.26. The fraction of sp³-hybridized carbons (Fsp3) is 0.167. The van der Waals surface area contributed by atoms with E-state index in [0.717, 1.165) is 4.57 Å². The Morgan fingerprint density at radius 2 is 2.29 bits per heavy atom. The molecule has 1 heterocycles. The van der Waals surface area contributed by atoms with Gasteiger partial charge in [0.1, 0.15) is 11.5 Å². The van der Waals surface area contributed by atoms with Crippen LogP contribution in [0, 0.1) is 17.3 Å². The van der Waals surface area contributed by atoms with Gasteiger partial charge >= 0.3 is 5.97 Å². The van der Waals surface area contributed by atoms with E-state index in [1.165, 1.54) is 24.3 Å². The number of halogens is 1. The van der Waals surface area contributed by atoms with Gasteiger partial charge in [0.2, 0.25) is 0 Å². The van der Waals surface area contributed by atoms with Gasteiger partial charge in [-0.1, -0.05) is 0 Å². The van der Waals surface area contributed by atoms with Crippen LogP contribution in [0.15, 0.2) is 24.3 Å². The molecule has 86 valence electrons. The van der Waals surface area contributed by atoms with Gasteiger partial charge in [0.05, 0.1) is 12.1 Å². The highest BCUT2D eigenvalue weighted by Crippen LogP contribution is 2.20. The molecule has 0 spiro atoms. The van der Waals surface area contributed by atoms with E-state index in [9.17, 15) is 9.18 Å². The second-order valence-electron chi connectivity index (χ2n) is 3.39. The highest BCUT2D eigenvalue weighted by molar-refractivity contribution is 5.96. The summed E-state index contributed by atoms with van der Waals surface area (Å²) in [6, 6.07) is 5.41. The lowest BCUT2D eigenvalue weighted by Crippen LogP contribution is -2.09. The van der Waals surface area contributed by atoms with Crippen LogP contribution in [0.2, 0.25) is 0 Å². The zero-order chi connectivity index (χ0) is 12.4. The summed E-state index contributed by atoms with van der Waals surface area (Å²) < 4.78 is 19.0. The predicted octanol–water partition coefficient (Wildman–Crippen LogP) is 2.29. The molecular formula is C12H9FN2O2. The van der Waals surface area contributed by atoms with Gasteiger partial charge in [-0.3, -0.25) is 0 Å². The third kappa shape index (κ3) is 1.85. The van der Waals surface area contributed by atoms with Crippen molar-refractivity contribution in [3.63, 3.8) is 0 Å². The molecule has 0 aliphatic heterocycles. The molecule has 0 unspecified atom stereocenters. The minimum atomic E-state index is -0.592. The molecule has 1 aromatic carbocycles. The molecule has 0 aliphatic rings. The van der Waals surface area contributed by atoms with Crippen LogP contribution in [-0.4, -0.2) is 17.1 Å². The average molecular weight is 232 g/mol. The van der Waals surface area contributed by atoms with Crippen LogP contribution >= 0.6 is 0 Å². The van der Waals surface area contributed by atoms with Gasteiger partial charge in [-0.2, -0.15) is 5.26 Å². The highest BCUT2D eigenvalue weighted by atomic mass is 19.1. The molecule has 2 aromatic rings. The van der Waals surface area contributed by atoms with Gasteiger partial charge < -0.3 is 4.74 Å². The fourth-order valence-corrected chi connectivity index (χ4v) is 1.65. The molecular weight excluding hydrogens is 223 g/mol. The third-order valence-corrected chi connectivity index (χ3v) is 2.35. The number of benzene rings is 1. The van der Waals surface area contributed by atoms with Crippen LogP contribution in [0.3, 0.4) is 0 Å². The van der Waals surface area contributed by atoms with Gasteiger partial charge in [-0.05, 0) is 31.2 Å². The Kier molecular flexibility index (Phi) is 2.79. The zero-order valence-corrected chi connectivity index (χ0v) is 9.11. The van der Waals surface area contributed by atoms with Crippen molar-refractivity contribution < 1.29 is 13.9 Å². The van der Waals surface area contributed by atoms with E-state index in [-0.39, 0.29) is 12.3 Å². The molecule has 0 aliphatic carbocycles. The number of carbonyl (C=O) groups excluding carboxylic acids is 1. The minimum Gasteiger partial charge on any atom is -0.461 e. The maximum atomic E-state index is 13.0. The summed E-state index contributed by atoms with van der Waals surface area (Å²) in [5.74, 6) is -1.01. The standard InChI is InChI=1S/C12H9FN2O2/c1-2-17-12(16)11-6-8-5-9(13)3-4-10(8)15(11)7-14/h3-6H,2H2,1H3. The first-order valence-electron chi connectivity index (χ1n) is 5.05. The summed E-state index contributed by atoms with van der Waals surface area (Å²) in [7, 11) is 0. The Balaban J connectivity index is 2.64. The number of hydrogen-bond donors (Lipinski definition) is 0. The smallest absolute Gasteiger partial charge is 0.356 e. The van der Waals surface area contributed by atoms with E-state index in [1.54, 1.807) is 6.92 Å². The third-order valence-electron chi connectivity index (χ3n) is 2.35. The number of esters is 1. The number of aromatic nitrogens is 1. The lowest BCUT2D eigenvalue weighted by Gasteiger charge is -2.00. The molecule has 0 N–H and O–H groups in total. The number of nitrogens with zero attached hydrogens (tertiary/aromatic N) is 2. The maximum absolute atomic E-state index is 13.0. The van der Waals surface area contributed by atoms with E-state index in [0.29, 0.717) is 10.9 Å². The topological polar surface area (TPSA) is 55.0 Å². The molecule has 4 nitrogen and oxygen atoms in total. The quantitative estimate of drug-likeness (QED) is 0.746. The Hall–Kier alpha value is -2.35. The van der Waals surface area contributed by atoms with Gasteiger partial charge in [0, 0.05) is 5.39 Å². The van der Waals surface area contributed by atoms with Crippen LogP contribution in [0.5, 0.6) is 0 Å². The van der Waals surface area contributed by atoms with Crippen molar-refractivity contribution in [3.05, 3.63) is 35.8 Å². The van der Waals surface area contributed by atoms with E-state index in [2.05, 4.69) is 0 Å². The lowest BCUT2D eigenvalue weighted by atomic mass is 10.2. The maximum Gasteiger partial charge on any atom is 0.356 e. The molecule has 1 aromatic heterocycles. The summed E-state index contributed by atoms with van der Waals surface area (Å²) in [5, 5.41) is 9.50. The van der Waals surface area contributed by atoms with Crippen LogP contribution in [-0.2, 0) is 4.74 Å². The Morgan fingerprint density at radius 1 is 1.53 bits per heavy atom. The van der Waals surface area contributed by atoms with Gasteiger partial charge in [-0.15, -0.1) is 0 Å². The lowest BCUT2D eigenvalue weighted by molar-refractivity contribution is 0.0518. The van der Waals surface area contributed by atoms with Crippen LogP contribution in [0.1, 0.15) is 17.4 Å². The van der Waals surface area contributed by atoms with E-state index in [4.69, 9.17) is 10.00 Å². The first-order valence-corrected chi connectivity index (χ1v) is 5.05. The van der Waals surface area contributed by atoms with Crippen molar-refractivity contribution in [3.8, 4) is 6.19 Å². The molecule has 0 atom stereocenters. The van der Waals surface area contributed by atoms with Gasteiger partial charge in [0.25, 0.3) is 0 Å². The van der Waals surface area contributed by atoms with Crippen LogP contribution < -0.4 is 0 Å². The van der Waals surface area contributed by atoms with Gasteiger partial charge in [0.15, 0.2) is 6.19 Å². The molecule has 0 bridgehead atoms. The molecule has 2 rings (SSSR count). The van der Waals surface area contributed by atoms with Crippen LogP contribution in [0.25, 0.3) is 10.9 Å².